The maximum atomic E-state index is 5.67. The number of ether oxygens (including phenoxy) is 1. The monoisotopic (exact) mass is 336 g/mol. The van der Waals surface area contributed by atoms with Crippen molar-refractivity contribution in [3.8, 4) is 0 Å². The van der Waals surface area contributed by atoms with E-state index in [9.17, 15) is 0 Å². The minimum atomic E-state index is 0.148. The third-order valence-corrected chi connectivity index (χ3v) is 6.09. The van der Waals surface area contributed by atoms with Gasteiger partial charge in [0.15, 0.2) is 5.96 Å². The van der Waals surface area contributed by atoms with E-state index >= 15 is 0 Å². The number of hydrogen-bond acceptors (Lipinski definition) is 3. The van der Waals surface area contributed by atoms with Gasteiger partial charge in [0.2, 0.25) is 0 Å². The predicted octanol–water partition coefficient (Wildman–Crippen LogP) is 2.33. The molecular formula is C19H36N4O. The quantitative estimate of drug-likeness (QED) is 0.632. The van der Waals surface area contributed by atoms with Crippen LogP contribution in [0.3, 0.4) is 0 Å². The Hall–Kier alpha value is -0.810. The van der Waals surface area contributed by atoms with Crippen molar-refractivity contribution in [2.45, 2.75) is 58.4 Å². The molecule has 1 unspecified atom stereocenters. The molecule has 0 saturated carbocycles. The number of aliphatic imine (C=N–C) groups is 1. The Kier molecular flexibility index (Phi) is 5.70. The molecular weight excluding hydrogens is 300 g/mol. The highest BCUT2D eigenvalue weighted by atomic mass is 16.5. The summed E-state index contributed by atoms with van der Waals surface area (Å²) in [7, 11) is 0. The second-order valence-electron chi connectivity index (χ2n) is 8.50. The van der Waals surface area contributed by atoms with Crippen LogP contribution in [-0.2, 0) is 4.74 Å². The molecule has 0 aromatic heterocycles. The van der Waals surface area contributed by atoms with Crippen LogP contribution in [0.1, 0.15) is 52.9 Å². The lowest BCUT2D eigenvalue weighted by Gasteiger charge is -2.40. The van der Waals surface area contributed by atoms with Gasteiger partial charge in [0.05, 0.1) is 13.2 Å². The van der Waals surface area contributed by atoms with Gasteiger partial charge in [0.1, 0.15) is 0 Å². The summed E-state index contributed by atoms with van der Waals surface area (Å²) >= 11 is 0. The lowest BCUT2D eigenvalue weighted by atomic mass is 9.87. The lowest BCUT2D eigenvalue weighted by Crippen LogP contribution is -2.50. The summed E-state index contributed by atoms with van der Waals surface area (Å²) in [6, 6.07) is 0. The van der Waals surface area contributed by atoms with Gasteiger partial charge < -0.3 is 15.0 Å². The number of nitrogens with one attached hydrogen (secondary N) is 1. The largest absolute Gasteiger partial charge is 0.381 e. The predicted molar refractivity (Wildman–Crippen MR) is 99.5 cm³/mol. The summed E-state index contributed by atoms with van der Waals surface area (Å²) in [4.78, 5) is 10.1. The van der Waals surface area contributed by atoms with E-state index in [0.717, 1.165) is 45.4 Å². The van der Waals surface area contributed by atoms with Crippen molar-refractivity contribution in [3.63, 3.8) is 0 Å². The Morgan fingerprint density at radius 1 is 1.17 bits per heavy atom. The van der Waals surface area contributed by atoms with Gasteiger partial charge in [-0.2, -0.15) is 0 Å². The first-order valence-electron chi connectivity index (χ1n) is 9.91. The second-order valence-corrected chi connectivity index (χ2v) is 8.50. The molecule has 0 amide bonds. The van der Waals surface area contributed by atoms with E-state index in [1.807, 2.05) is 0 Å². The number of likely N-dealkylation sites (tertiary alicyclic amines) is 2. The summed E-state index contributed by atoms with van der Waals surface area (Å²) in [5, 5.41) is 3.52. The van der Waals surface area contributed by atoms with Crippen LogP contribution in [0.2, 0.25) is 0 Å². The third kappa shape index (κ3) is 4.05. The molecule has 3 aliphatic rings. The van der Waals surface area contributed by atoms with Crippen molar-refractivity contribution in [2.24, 2.45) is 10.4 Å². The first-order chi connectivity index (χ1) is 11.5. The van der Waals surface area contributed by atoms with Gasteiger partial charge in [0.25, 0.3) is 0 Å². The first kappa shape index (κ1) is 18.0. The Morgan fingerprint density at radius 3 is 2.62 bits per heavy atom. The molecule has 3 rings (SSSR count). The Balaban J connectivity index is 1.63. The van der Waals surface area contributed by atoms with Crippen LogP contribution < -0.4 is 5.32 Å². The maximum Gasteiger partial charge on any atom is 0.194 e. The van der Waals surface area contributed by atoms with Crippen LogP contribution in [0.4, 0.5) is 0 Å². The summed E-state index contributed by atoms with van der Waals surface area (Å²) in [6.07, 6.45) is 6.51. The van der Waals surface area contributed by atoms with Crippen molar-refractivity contribution in [1.29, 1.82) is 0 Å². The fraction of sp³-hybridized carbons (Fsp3) is 0.947. The zero-order chi connectivity index (χ0) is 17.0. The molecule has 0 bridgehead atoms. The first-order valence-corrected chi connectivity index (χ1v) is 9.91. The molecule has 5 nitrogen and oxygen atoms in total. The molecule has 3 aliphatic heterocycles. The number of hydrogen-bond donors (Lipinski definition) is 1. The summed E-state index contributed by atoms with van der Waals surface area (Å²) in [5.74, 6) is 1.10. The van der Waals surface area contributed by atoms with Crippen LogP contribution in [-0.4, -0.2) is 73.8 Å². The topological polar surface area (TPSA) is 40.1 Å². The SMILES string of the molecule is CCNC(=NCC(C)(C)N1CCCCC1)N1CCC2(CCOC2)C1. The third-order valence-electron chi connectivity index (χ3n) is 6.09. The maximum absolute atomic E-state index is 5.67. The fourth-order valence-corrected chi connectivity index (χ4v) is 4.38. The highest BCUT2D eigenvalue weighted by Gasteiger charge is 2.42. The highest BCUT2D eigenvalue weighted by molar-refractivity contribution is 5.80. The minimum absolute atomic E-state index is 0.148. The molecule has 0 aromatic carbocycles. The minimum Gasteiger partial charge on any atom is -0.381 e. The van der Waals surface area contributed by atoms with Gasteiger partial charge in [-0.1, -0.05) is 6.42 Å². The van der Waals surface area contributed by atoms with E-state index in [1.165, 1.54) is 45.2 Å². The molecule has 0 radical (unpaired) electrons. The van der Waals surface area contributed by atoms with Crippen molar-refractivity contribution in [2.75, 3.05) is 52.5 Å². The fourth-order valence-electron chi connectivity index (χ4n) is 4.38. The standard InChI is InChI=1S/C19H36N4O/c1-4-20-17(22-12-8-19(15-22)9-13-24-16-19)21-14-18(2,3)23-10-6-5-7-11-23/h4-16H2,1-3H3,(H,20,21). The molecule has 138 valence electrons. The molecule has 24 heavy (non-hydrogen) atoms. The Labute approximate surface area is 147 Å². The number of rotatable bonds is 4. The van der Waals surface area contributed by atoms with E-state index < -0.39 is 0 Å². The molecule has 3 saturated heterocycles. The normalized spacial score (nSPS) is 29.6. The van der Waals surface area contributed by atoms with Crippen LogP contribution in [0, 0.1) is 5.41 Å². The summed E-state index contributed by atoms with van der Waals surface area (Å²) < 4.78 is 5.67. The molecule has 0 aromatic rings. The Bertz CT molecular complexity index is 437. The summed E-state index contributed by atoms with van der Waals surface area (Å²) in [5.41, 5.74) is 0.535. The van der Waals surface area contributed by atoms with Crippen molar-refractivity contribution in [3.05, 3.63) is 0 Å². The van der Waals surface area contributed by atoms with E-state index in [4.69, 9.17) is 9.73 Å². The van der Waals surface area contributed by atoms with Gasteiger partial charge in [-0.15, -0.1) is 0 Å². The number of guanidine groups is 1. The average Bonchev–Trinajstić information content (AvgIpc) is 3.23. The Morgan fingerprint density at radius 2 is 1.96 bits per heavy atom. The van der Waals surface area contributed by atoms with E-state index in [-0.39, 0.29) is 5.54 Å². The van der Waals surface area contributed by atoms with Gasteiger partial charge in [-0.05, 0) is 59.5 Å². The van der Waals surface area contributed by atoms with Crippen LogP contribution >= 0.6 is 0 Å². The van der Waals surface area contributed by atoms with E-state index in [2.05, 4.69) is 35.9 Å². The van der Waals surface area contributed by atoms with Gasteiger partial charge in [0, 0.05) is 37.2 Å². The average molecular weight is 337 g/mol. The number of piperidine rings is 1. The highest BCUT2D eigenvalue weighted by Crippen LogP contribution is 2.38. The zero-order valence-corrected chi connectivity index (χ0v) is 15.9. The summed E-state index contributed by atoms with van der Waals surface area (Å²) in [6.45, 7) is 15.2. The molecule has 1 spiro atoms. The van der Waals surface area contributed by atoms with Gasteiger partial charge in [-0.25, -0.2) is 0 Å². The molecule has 3 fully saturated rings. The molecule has 3 heterocycles. The van der Waals surface area contributed by atoms with Crippen LogP contribution in [0.5, 0.6) is 0 Å². The van der Waals surface area contributed by atoms with Crippen molar-refractivity contribution >= 4 is 5.96 Å². The van der Waals surface area contributed by atoms with Crippen molar-refractivity contribution in [1.82, 2.24) is 15.1 Å². The molecule has 5 heteroatoms. The van der Waals surface area contributed by atoms with Crippen LogP contribution in [0.25, 0.3) is 0 Å². The van der Waals surface area contributed by atoms with Gasteiger partial charge >= 0.3 is 0 Å². The van der Waals surface area contributed by atoms with E-state index in [1.54, 1.807) is 0 Å². The van der Waals surface area contributed by atoms with E-state index in [0.29, 0.717) is 5.41 Å². The van der Waals surface area contributed by atoms with Crippen LogP contribution in [0.15, 0.2) is 4.99 Å². The second kappa shape index (κ2) is 7.61. The molecule has 0 aliphatic carbocycles. The smallest absolute Gasteiger partial charge is 0.194 e. The van der Waals surface area contributed by atoms with Crippen molar-refractivity contribution < 1.29 is 4.74 Å². The van der Waals surface area contributed by atoms with Gasteiger partial charge in [-0.3, -0.25) is 9.89 Å². The lowest BCUT2D eigenvalue weighted by molar-refractivity contribution is 0.102. The number of nitrogens with zero attached hydrogens (tertiary/aromatic N) is 3. The molecule has 1 N–H and O–H groups in total. The zero-order valence-electron chi connectivity index (χ0n) is 15.9. The molecule has 1 atom stereocenters.